The third kappa shape index (κ3) is 4.91. The molecule has 100 valence electrons. The molecule has 0 spiro atoms. The molecule has 0 radical (unpaired) electrons. The van der Waals surface area contributed by atoms with E-state index >= 15 is 0 Å². The maximum absolute atomic E-state index is 11.4. The Hall–Kier alpha value is -0.820. The fourth-order valence-electron chi connectivity index (χ4n) is 1.78. The number of hydrogen-bond donors (Lipinski definition) is 3. The number of aliphatic hydroxyl groups excluding tert-OH is 1. The summed E-state index contributed by atoms with van der Waals surface area (Å²) in [6.07, 6.45) is 1.27. The van der Waals surface area contributed by atoms with Crippen molar-refractivity contribution in [2.45, 2.75) is 25.8 Å². The van der Waals surface area contributed by atoms with Crippen LogP contribution in [0.4, 0.5) is 4.79 Å². The zero-order chi connectivity index (χ0) is 12.9. The van der Waals surface area contributed by atoms with E-state index in [9.17, 15) is 13.2 Å². The Morgan fingerprint density at radius 2 is 2.24 bits per heavy atom. The predicted octanol–water partition coefficient (Wildman–Crippen LogP) is -0.509. The van der Waals surface area contributed by atoms with Crippen molar-refractivity contribution < 1.29 is 18.3 Å². The van der Waals surface area contributed by atoms with Crippen molar-refractivity contribution in [3.8, 4) is 0 Å². The fourth-order valence-corrected chi connectivity index (χ4v) is 3.65. The number of nitrogens with one attached hydrogen (secondary N) is 2. The third-order valence-corrected chi connectivity index (χ3v) is 4.76. The molecule has 0 aromatic rings. The zero-order valence-corrected chi connectivity index (χ0v) is 10.8. The van der Waals surface area contributed by atoms with E-state index in [0.717, 1.165) is 0 Å². The highest BCUT2D eigenvalue weighted by atomic mass is 32.2. The summed E-state index contributed by atoms with van der Waals surface area (Å²) in [5.41, 5.74) is 0. The van der Waals surface area contributed by atoms with E-state index in [1.165, 1.54) is 0 Å². The molecular formula is C10H20N2O4S. The van der Waals surface area contributed by atoms with Crippen LogP contribution >= 0.6 is 0 Å². The van der Waals surface area contributed by atoms with Crippen molar-refractivity contribution in [1.29, 1.82) is 0 Å². The van der Waals surface area contributed by atoms with Gasteiger partial charge in [0.1, 0.15) is 0 Å². The van der Waals surface area contributed by atoms with Crippen molar-refractivity contribution in [3.05, 3.63) is 0 Å². The molecule has 1 heterocycles. The zero-order valence-electron chi connectivity index (χ0n) is 9.98. The summed E-state index contributed by atoms with van der Waals surface area (Å²) in [4.78, 5) is 11.4. The number of rotatable bonds is 5. The van der Waals surface area contributed by atoms with Gasteiger partial charge in [0.05, 0.1) is 24.2 Å². The molecule has 1 aliphatic rings. The standard InChI is InChI=1S/C10H20N2O4S/c1-2-9(6-13)12-10(14)11-5-8-3-4-17(15,16)7-8/h8-9,13H,2-7H2,1H3,(H2,11,12,14)/t8-,9+/m0/s1. The van der Waals surface area contributed by atoms with Crippen molar-refractivity contribution in [2.24, 2.45) is 5.92 Å². The van der Waals surface area contributed by atoms with Gasteiger partial charge in [0, 0.05) is 6.54 Å². The monoisotopic (exact) mass is 264 g/mol. The van der Waals surface area contributed by atoms with E-state index in [-0.39, 0.29) is 36.1 Å². The molecule has 2 atom stereocenters. The number of aliphatic hydroxyl groups is 1. The molecule has 6 nitrogen and oxygen atoms in total. The average Bonchev–Trinajstić information content (AvgIpc) is 2.63. The second-order valence-corrected chi connectivity index (χ2v) is 6.64. The Labute approximate surface area is 102 Å². The van der Waals surface area contributed by atoms with Gasteiger partial charge in [-0.25, -0.2) is 13.2 Å². The van der Waals surface area contributed by atoms with Crippen LogP contribution in [0.5, 0.6) is 0 Å². The number of sulfone groups is 1. The summed E-state index contributed by atoms with van der Waals surface area (Å²) in [6, 6.07) is -0.600. The molecule has 1 aliphatic heterocycles. The Balaban J connectivity index is 2.25. The van der Waals surface area contributed by atoms with E-state index in [1.54, 1.807) is 0 Å². The molecule has 0 saturated carbocycles. The fraction of sp³-hybridized carbons (Fsp3) is 0.900. The van der Waals surface area contributed by atoms with Gasteiger partial charge in [0.15, 0.2) is 9.84 Å². The average molecular weight is 264 g/mol. The van der Waals surface area contributed by atoms with Gasteiger partial charge in [-0.05, 0) is 18.8 Å². The lowest BCUT2D eigenvalue weighted by Gasteiger charge is -2.16. The van der Waals surface area contributed by atoms with Gasteiger partial charge >= 0.3 is 6.03 Å². The molecule has 0 bridgehead atoms. The van der Waals surface area contributed by atoms with Crippen LogP contribution in [0.1, 0.15) is 19.8 Å². The Bertz CT molecular complexity index is 351. The lowest BCUT2D eigenvalue weighted by atomic mass is 10.1. The normalized spacial score (nSPS) is 24.2. The molecule has 0 aromatic carbocycles. The van der Waals surface area contributed by atoms with Gasteiger partial charge in [-0.15, -0.1) is 0 Å². The first-order valence-corrected chi connectivity index (χ1v) is 7.64. The number of hydrogen-bond acceptors (Lipinski definition) is 4. The molecule has 2 amide bonds. The first-order valence-electron chi connectivity index (χ1n) is 5.82. The minimum atomic E-state index is -2.89. The van der Waals surface area contributed by atoms with Crippen LogP contribution in [-0.2, 0) is 9.84 Å². The largest absolute Gasteiger partial charge is 0.394 e. The van der Waals surface area contributed by atoms with E-state index < -0.39 is 9.84 Å². The van der Waals surface area contributed by atoms with Gasteiger partial charge in [0.25, 0.3) is 0 Å². The molecule has 1 rings (SSSR count). The number of urea groups is 1. The molecule has 17 heavy (non-hydrogen) atoms. The molecule has 0 aromatic heterocycles. The molecule has 7 heteroatoms. The minimum absolute atomic E-state index is 0.0138. The highest BCUT2D eigenvalue weighted by Crippen LogP contribution is 2.17. The second-order valence-electron chi connectivity index (χ2n) is 4.41. The summed E-state index contributed by atoms with van der Waals surface area (Å²) in [5.74, 6) is 0.389. The molecule has 0 unspecified atom stereocenters. The minimum Gasteiger partial charge on any atom is -0.394 e. The number of amides is 2. The van der Waals surface area contributed by atoms with Crippen LogP contribution in [0.3, 0.4) is 0 Å². The molecule has 1 saturated heterocycles. The SMILES string of the molecule is CC[C@H](CO)NC(=O)NC[C@@H]1CCS(=O)(=O)C1. The predicted molar refractivity (Wildman–Crippen MR) is 64.5 cm³/mol. The van der Waals surface area contributed by atoms with E-state index in [2.05, 4.69) is 10.6 Å². The first-order chi connectivity index (χ1) is 7.96. The van der Waals surface area contributed by atoms with Crippen molar-refractivity contribution >= 4 is 15.9 Å². The van der Waals surface area contributed by atoms with Crippen molar-refractivity contribution in [1.82, 2.24) is 10.6 Å². The summed E-state index contributed by atoms with van der Waals surface area (Å²) >= 11 is 0. The number of carbonyl (C=O) groups excluding carboxylic acids is 1. The van der Waals surface area contributed by atoms with Gasteiger partial charge in [0.2, 0.25) is 0 Å². The maximum atomic E-state index is 11.4. The van der Waals surface area contributed by atoms with Crippen LogP contribution in [-0.4, -0.2) is 50.3 Å². The van der Waals surface area contributed by atoms with E-state index in [1.807, 2.05) is 6.92 Å². The summed E-state index contributed by atoms with van der Waals surface area (Å²) in [5, 5.41) is 14.1. The second kappa shape index (κ2) is 6.20. The summed E-state index contributed by atoms with van der Waals surface area (Å²) < 4.78 is 22.4. The topological polar surface area (TPSA) is 95.5 Å². The number of carbonyl (C=O) groups is 1. The third-order valence-electron chi connectivity index (χ3n) is 2.93. The summed E-state index contributed by atoms with van der Waals surface area (Å²) in [6.45, 7) is 2.14. The molecular weight excluding hydrogens is 244 g/mol. The lowest BCUT2D eigenvalue weighted by molar-refractivity contribution is 0.213. The van der Waals surface area contributed by atoms with E-state index in [4.69, 9.17) is 5.11 Å². The van der Waals surface area contributed by atoms with Crippen LogP contribution < -0.4 is 10.6 Å². The van der Waals surface area contributed by atoms with Gasteiger partial charge in [-0.3, -0.25) is 0 Å². The van der Waals surface area contributed by atoms with Gasteiger partial charge < -0.3 is 15.7 Å². The lowest BCUT2D eigenvalue weighted by Crippen LogP contribution is -2.45. The quantitative estimate of drug-likeness (QED) is 0.623. The first kappa shape index (κ1) is 14.2. The molecule has 3 N–H and O–H groups in total. The van der Waals surface area contributed by atoms with Crippen molar-refractivity contribution in [2.75, 3.05) is 24.7 Å². The maximum Gasteiger partial charge on any atom is 0.315 e. The molecule has 0 aliphatic carbocycles. The summed E-state index contributed by atoms with van der Waals surface area (Å²) in [7, 11) is -2.89. The van der Waals surface area contributed by atoms with Gasteiger partial charge in [-0.2, -0.15) is 0 Å². The van der Waals surface area contributed by atoms with Gasteiger partial charge in [-0.1, -0.05) is 6.92 Å². The van der Waals surface area contributed by atoms with Crippen LogP contribution in [0.2, 0.25) is 0 Å². The smallest absolute Gasteiger partial charge is 0.315 e. The Morgan fingerprint density at radius 3 is 2.71 bits per heavy atom. The van der Waals surface area contributed by atoms with Crippen LogP contribution in [0.15, 0.2) is 0 Å². The highest BCUT2D eigenvalue weighted by Gasteiger charge is 2.27. The Morgan fingerprint density at radius 1 is 1.53 bits per heavy atom. The highest BCUT2D eigenvalue weighted by molar-refractivity contribution is 7.91. The van der Waals surface area contributed by atoms with Crippen molar-refractivity contribution in [3.63, 3.8) is 0 Å². The van der Waals surface area contributed by atoms with Crippen LogP contribution in [0, 0.1) is 5.92 Å². The van der Waals surface area contributed by atoms with Crippen LogP contribution in [0.25, 0.3) is 0 Å². The molecule has 1 fully saturated rings. The Kier molecular flexibility index (Phi) is 5.20. The van der Waals surface area contributed by atoms with E-state index in [0.29, 0.717) is 19.4 Å².